The average Bonchev–Trinajstić information content (AvgIpc) is 3.09. The van der Waals surface area contributed by atoms with Crippen molar-refractivity contribution in [1.82, 2.24) is 30.1 Å². The lowest BCUT2D eigenvalue weighted by Crippen LogP contribution is -2.51. The van der Waals surface area contributed by atoms with Crippen LogP contribution >= 0.6 is 11.3 Å². The summed E-state index contributed by atoms with van der Waals surface area (Å²) in [7, 11) is 0. The lowest BCUT2D eigenvalue weighted by atomic mass is 10.2. The first-order valence-corrected chi connectivity index (χ1v) is 10.8. The summed E-state index contributed by atoms with van der Waals surface area (Å²) in [6.07, 6.45) is 3.04. The van der Waals surface area contributed by atoms with Gasteiger partial charge >= 0.3 is 6.09 Å². The Hall–Kier alpha value is -2.59. The van der Waals surface area contributed by atoms with Gasteiger partial charge < -0.3 is 15.0 Å². The number of hydrogen-bond donors (Lipinski definition) is 1. The smallest absolute Gasteiger partial charge is 0.410 e. The molecule has 9 nitrogen and oxygen atoms in total. The Morgan fingerprint density at radius 1 is 1.17 bits per heavy atom. The van der Waals surface area contributed by atoms with E-state index in [4.69, 9.17) is 4.74 Å². The molecule has 1 aliphatic rings. The predicted octanol–water partition coefficient (Wildman–Crippen LogP) is 2.19. The van der Waals surface area contributed by atoms with E-state index in [0.29, 0.717) is 41.0 Å². The highest BCUT2D eigenvalue weighted by Gasteiger charge is 2.25. The first kappa shape index (κ1) is 22.1. The SMILES string of the molecule is Cc1nc(-c2ncccn2)sc1C(=O)NCCN1CCN(C(=O)OC(C)(C)C)CC1. The lowest BCUT2D eigenvalue weighted by molar-refractivity contribution is 0.0147. The number of thiazole rings is 1. The van der Waals surface area contributed by atoms with Gasteiger partial charge in [-0.3, -0.25) is 9.69 Å². The van der Waals surface area contributed by atoms with Crippen LogP contribution in [0.1, 0.15) is 36.1 Å². The molecular weight excluding hydrogens is 404 g/mol. The van der Waals surface area contributed by atoms with E-state index in [1.165, 1.54) is 11.3 Å². The molecule has 0 unspecified atom stereocenters. The van der Waals surface area contributed by atoms with E-state index in [0.717, 1.165) is 19.6 Å². The zero-order chi connectivity index (χ0) is 21.7. The van der Waals surface area contributed by atoms with Crippen LogP contribution in [0.2, 0.25) is 0 Å². The molecular formula is C20H28N6O3S. The van der Waals surface area contributed by atoms with Gasteiger partial charge in [-0.2, -0.15) is 0 Å². The second-order valence-electron chi connectivity index (χ2n) is 8.07. The average molecular weight is 433 g/mol. The molecule has 1 saturated heterocycles. The van der Waals surface area contributed by atoms with Crippen molar-refractivity contribution in [3.05, 3.63) is 29.0 Å². The van der Waals surface area contributed by atoms with Crippen molar-refractivity contribution in [2.45, 2.75) is 33.3 Å². The number of carbonyl (C=O) groups is 2. The van der Waals surface area contributed by atoms with Gasteiger partial charge in [0.25, 0.3) is 5.91 Å². The van der Waals surface area contributed by atoms with Gasteiger partial charge in [0.2, 0.25) is 0 Å². The summed E-state index contributed by atoms with van der Waals surface area (Å²) in [5.74, 6) is 0.382. The van der Waals surface area contributed by atoms with Gasteiger partial charge in [-0.25, -0.2) is 19.7 Å². The monoisotopic (exact) mass is 432 g/mol. The molecule has 3 rings (SSSR count). The van der Waals surface area contributed by atoms with Crippen molar-refractivity contribution in [2.24, 2.45) is 0 Å². The molecule has 0 bridgehead atoms. The predicted molar refractivity (Wildman–Crippen MR) is 114 cm³/mol. The molecule has 0 radical (unpaired) electrons. The molecule has 1 aliphatic heterocycles. The largest absolute Gasteiger partial charge is 0.444 e. The summed E-state index contributed by atoms with van der Waals surface area (Å²) < 4.78 is 5.42. The number of ether oxygens (including phenoxy) is 1. The van der Waals surface area contributed by atoms with Crippen LogP contribution in [0.5, 0.6) is 0 Å². The fraction of sp³-hybridized carbons (Fsp3) is 0.550. The summed E-state index contributed by atoms with van der Waals surface area (Å²) in [6.45, 7) is 11.4. The molecule has 2 aromatic heterocycles. The third-order valence-electron chi connectivity index (χ3n) is 4.50. The molecule has 0 saturated carbocycles. The maximum Gasteiger partial charge on any atom is 0.410 e. The van der Waals surface area contributed by atoms with E-state index in [1.54, 1.807) is 23.4 Å². The summed E-state index contributed by atoms with van der Waals surface area (Å²) in [5, 5.41) is 3.60. The van der Waals surface area contributed by atoms with Gasteiger partial charge in [0.15, 0.2) is 10.8 Å². The number of hydrogen-bond acceptors (Lipinski definition) is 8. The van der Waals surface area contributed by atoms with Gasteiger partial charge in [-0.1, -0.05) is 0 Å². The number of aromatic nitrogens is 3. The number of carbonyl (C=O) groups excluding carboxylic acids is 2. The Labute approximate surface area is 180 Å². The third kappa shape index (κ3) is 5.96. The van der Waals surface area contributed by atoms with E-state index in [2.05, 4.69) is 25.2 Å². The summed E-state index contributed by atoms with van der Waals surface area (Å²) in [5.41, 5.74) is 0.186. The number of rotatable bonds is 5. The highest BCUT2D eigenvalue weighted by molar-refractivity contribution is 7.17. The molecule has 1 fully saturated rings. The molecule has 1 N–H and O–H groups in total. The van der Waals surface area contributed by atoms with E-state index < -0.39 is 5.60 Å². The quantitative estimate of drug-likeness (QED) is 0.773. The summed E-state index contributed by atoms with van der Waals surface area (Å²) >= 11 is 1.29. The number of amides is 2. The van der Waals surface area contributed by atoms with Crippen LogP contribution in [0.4, 0.5) is 4.79 Å². The minimum Gasteiger partial charge on any atom is -0.444 e. The molecule has 0 spiro atoms. The van der Waals surface area contributed by atoms with Crippen molar-refractivity contribution in [3.63, 3.8) is 0 Å². The van der Waals surface area contributed by atoms with Crippen molar-refractivity contribution in [1.29, 1.82) is 0 Å². The first-order chi connectivity index (χ1) is 14.2. The number of aryl methyl sites for hydroxylation is 1. The Morgan fingerprint density at radius 2 is 1.83 bits per heavy atom. The third-order valence-corrected chi connectivity index (χ3v) is 5.65. The van der Waals surface area contributed by atoms with Crippen molar-refractivity contribution >= 4 is 23.3 Å². The van der Waals surface area contributed by atoms with Crippen molar-refractivity contribution < 1.29 is 14.3 Å². The Bertz CT molecular complexity index is 872. The second-order valence-corrected chi connectivity index (χ2v) is 9.07. The standard InChI is InChI=1S/C20H28N6O3S/c1-14-15(30-18(24-14)16-21-6-5-7-22-16)17(27)23-8-9-25-10-12-26(13-11-25)19(28)29-20(2,3)4/h5-7H,8-13H2,1-4H3,(H,23,27). The zero-order valence-electron chi connectivity index (χ0n) is 17.8. The Morgan fingerprint density at radius 3 is 2.47 bits per heavy atom. The van der Waals surface area contributed by atoms with Gasteiger partial charge in [-0.05, 0) is 33.8 Å². The molecule has 2 aromatic rings. The number of piperazine rings is 1. The maximum atomic E-state index is 12.6. The summed E-state index contributed by atoms with van der Waals surface area (Å²) in [6, 6.07) is 1.74. The molecule has 30 heavy (non-hydrogen) atoms. The molecule has 2 amide bonds. The highest BCUT2D eigenvalue weighted by atomic mass is 32.1. The zero-order valence-corrected chi connectivity index (χ0v) is 18.7. The maximum absolute atomic E-state index is 12.6. The van der Waals surface area contributed by atoms with Gasteiger partial charge in [0, 0.05) is 51.7 Å². The first-order valence-electron chi connectivity index (χ1n) is 9.96. The number of nitrogens with one attached hydrogen (secondary N) is 1. The highest BCUT2D eigenvalue weighted by Crippen LogP contribution is 2.24. The normalized spacial score (nSPS) is 15.1. The molecule has 162 valence electrons. The fourth-order valence-corrected chi connectivity index (χ4v) is 3.93. The van der Waals surface area contributed by atoms with Crippen LogP contribution in [0, 0.1) is 6.92 Å². The fourth-order valence-electron chi connectivity index (χ4n) is 3.00. The molecule has 10 heteroatoms. The van der Waals surface area contributed by atoms with Crippen LogP contribution in [0.3, 0.4) is 0 Å². The second kappa shape index (κ2) is 9.48. The van der Waals surface area contributed by atoms with E-state index >= 15 is 0 Å². The molecule has 0 aromatic carbocycles. The van der Waals surface area contributed by atoms with Crippen LogP contribution in [0.15, 0.2) is 18.5 Å². The van der Waals surface area contributed by atoms with Gasteiger partial charge in [0.1, 0.15) is 10.5 Å². The minimum atomic E-state index is -0.486. The van der Waals surface area contributed by atoms with E-state index in [-0.39, 0.29) is 12.0 Å². The molecule has 0 aliphatic carbocycles. The van der Waals surface area contributed by atoms with E-state index in [1.807, 2.05) is 27.7 Å². The summed E-state index contributed by atoms with van der Waals surface area (Å²) in [4.78, 5) is 42.0. The topological polar surface area (TPSA) is 101 Å². The van der Waals surface area contributed by atoms with Crippen LogP contribution in [-0.2, 0) is 4.74 Å². The Balaban J connectivity index is 1.44. The Kier molecular flexibility index (Phi) is 6.99. The number of nitrogens with zero attached hydrogens (tertiary/aromatic N) is 5. The van der Waals surface area contributed by atoms with Gasteiger partial charge in [-0.15, -0.1) is 11.3 Å². The lowest BCUT2D eigenvalue weighted by Gasteiger charge is -2.35. The van der Waals surface area contributed by atoms with Crippen LogP contribution in [-0.4, -0.2) is 81.6 Å². The molecule has 0 atom stereocenters. The molecule has 3 heterocycles. The minimum absolute atomic E-state index is 0.139. The van der Waals surface area contributed by atoms with Crippen LogP contribution in [0.25, 0.3) is 10.8 Å². The van der Waals surface area contributed by atoms with Crippen LogP contribution < -0.4 is 5.32 Å². The van der Waals surface area contributed by atoms with Crippen molar-refractivity contribution in [2.75, 3.05) is 39.3 Å². The van der Waals surface area contributed by atoms with Gasteiger partial charge in [0.05, 0.1) is 5.69 Å². The van der Waals surface area contributed by atoms with E-state index in [9.17, 15) is 9.59 Å². The van der Waals surface area contributed by atoms with Crippen molar-refractivity contribution in [3.8, 4) is 10.8 Å².